The van der Waals surface area contributed by atoms with Crippen molar-refractivity contribution in [1.29, 1.82) is 0 Å². The number of halogens is 2. The number of hydrogen-bond donors (Lipinski definition) is 0. The average molecular weight is 220 g/mol. The second-order valence-electron chi connectivity index (χ2n) is 3.06. The summed E-state index contributed by atoms with van der Waals surface area (Å²) in [7, 11) is 0. The minimum absolute atomic E-state index is 0.0758. The van der Waals surface area contributed by atoms with Crippen LogP contribution in [0, 0.1) is 5.82 Å². The number of rotatable bonds is 4. The first-order chi connectivity index (χ1) is 7.56. The van der Waals surface area contributed by atoms with Gasteiger partial charge in [-0.25, -0.2) is 8.78 Å². The molecule has 0 aliphatic carbocycles. The summed E-state index contributed by atoms with van der Waals surface area (Å²) in [5, 5.41) is 0. The molecule has 0 saturated carbocycles. The molecule has 0 aromatic heterocycles. The highest BCUT2D eigenvalue weighted by Crippen LogP contribution is 2.17. The predicted octanol–water partition coefficient (Wildman–Crippen LogP) is 3.60. The topological polar surface area (TPSA) is 17.1 Å². The first kappa shape index (κ1) is 12.0. The maximum atomic E-state index is 13.0. The summed E-state index contributed by atoms with van der Waals surface area (Å²) in [6.07, 6.45) is 2.48. The van der Waals surface area contributed by atoms with Crippen LogP contribution in [-0.2, 0) is 0 Å². The van der Waals surface area contributed by atoms with E-state index in [0.29, 0.717) is 0 Å². The second-order valence-corrected chi connectivity index (χ2v) is 3.06. The largest absolute Gasteiger partial charge is 0.288 e. The lowest BCUT2D eigenvalue weighted by Gasteiger charge is -2.03. The van der Waals surface area contributed by atoms with Gasteiger partial charge in [-0.3, -0.25) is 4.79 Å². The highest BCUT2D eigenvalue weighted by molar-refractivity contribution is 6.11. The molecule has 0 heterocycles. The monoisotopic (exact) mass is 220 g/mol. The minimum Gasteiger partial charge on any atom is -0.288 e. The molecule has 0 atom stereocenters. The van der Waals surface area contributed by atoms with Crippen molar-refractivity contribution in [2.45, 2.75) is 0 Å². The SMILES string of the molecule is C=C/C=C(\C(=C)F)C(=O)c1cccc(F)c1. The summed E-state index contributed by atoms with van der Waals surface area (Å²) in [5.74, 6) is -2.03. The molecule has 0 saturated heterocycles. The van der Waals surface area contributed by atoms with Crippen molar-refractivity contribution >= 4 is 5.78 Å². The molecular formula is C13H10F2O. The van der Waals surface area contributed by atoms with Crippen LogP contribution in [0.2, 0.25) is 0 Å². The van der Waals surface area contributed by atoms with Gasteiger partial charge in [0, 0.05) is 5.56 Å². The Labute approximate surface area is 92.4 Å². The Morgan fingerprint density at radius 3 is 2.56 bits per heavy atom. The standard InChI is InChI=1S/C13H10F2O/c1-3-5-12(9(2)14)13(16)10-6-4-7-11(15)8-10/h3-8H,1-2H2/b12-5+. The Bertz CT molecular complexity index is 473. The van der Waals surface area contributed by atoms with Gasteiger partial charge in [-0.2, -0.15) is 0 Å². The maximum absolute atomic E-state index is 13.0. The van der Waals surface area contributed by atoms with Gasteiger partial charge in [0.2, 0.25) is 0 Å². The summed E-state index contributed by atoms with van der Waals surface area (Å²) in [5.41, 5.74) is -0.146. The number of Topliss-reactive ketones (excluding diaryl/α,β-unsaturated/α-hetero) is 1. The van der Waals surface area contributed by atoms with Gasteiger partial charge in [-0.15, -0.1) is 0 Å². The van der Waals surface area contributed by atoms with E-state index in [1.54, 1.807) is 0 Å². The van der Waals surface area contributed by atoms with Gasteiger partial charge in [0.05, 0.1) is 5.57 Å². The summed E-state index contributed by atoms with van der Waals surface area (Å²) >= 11 is 0. The summed E-state index contributed by atoms with van der Waals surface area (Å²) in [6, 6.07) is 5.04. The Kier molecular flexibility index (Phi) is 3.89. The predicted molar refractivity (Wildman–Crippen MR) is 59.3 cm³/mol. The molecule has 0 N–H and O–H groups in total. The fourth-order valence-corrected chi connectivity index (χ4v) is 1.19. The fraction of sp³-hybridized carbons (Fsp3) is 0. The third-order valence-electron chi connectivity index (χ3n) is 1.91. The summed E-state index contributed by atoms with van der Waals surface area (Å²) in [4.78, 5) is 11.7. The van der Waals surface area contributed by atoms with Crippen molar-refractivity contribution in [1.82, 2.24) is 0 Å². The number of hydrogen-bond acceptors (Lipinski definition) is 1. The van der Waals surface area contributed by atoms with E-state index in [2.05, 4.69) is 13.2 Å². The molecule has 1 nitrogen and oxygen atoms in total. The average Bonchev–Trinajstić information content (AvgIpc) is 2.24. The molecule has 16 heavy (non-hydrogen) atoms. The first-order valence-corrected chi connectivity index (χ1v) is 4.54. The van der Waals surface area contributed by atoms with Crippen molar-refractivity contribution in [3.63, 3.8) is 0 Å². The lowest BCUT2D eigenvalue weighted by molar-refractivity contribution is 0.103. The molecule has 1 aromatic rings. The van der Waals surface area contributed by atoms with E-state index in [-0.39, 0.29) is 11.1 Å². The molecule has 0 spiro atoms. The molecule has 0 bridgehead atoms. The van der Waals surface area contributed by atoms with Crippen LogP contribution in [0.1, 0.15) is 10.4 Å². The van der Waals surface area contributed by atoms with Crippen LogP contribution in [0.25, 0.3) is 0 Å². The molecule has 0 aliphatic rings. The van der Waals surface area contributed by atoms with Gasteiger partial charge in [0.25, 0.3) is 0 Å². The second kappa shape index (κ2) is 5.16. The zero-order valence-electron chi connectivity index (χ0n) is 8.54. The highest BCUT2D eigenvalue weighted by Gasteiger charge is 2.14. The molecular weight excluding hydrogens is 210 g/mol. The zero-order chi connectivity index (χ0) is 12.1. The van der Waals surface area contributed by atoms with Crippen molar-refractivity contribution in [2.75, 3.05) is 0 Å². The van der Waals surface area contributed by atoms with Crippen molar-refractivity contribution in [3.05, 3.63) is 72.4 Å². The van der Waals surface area contributed by atoms with Crippen molar-refractivity contribution < 1.29 is 13.6 Å². The van der Waals surface area contributed by atoms with Crippen LogP contribution in [0.5, 0.6) is 0 Å². The normalized spacial score (nSPS) is 11.0. The van der Waals surface area contributed by atoms with E-state index >= 15 is 0 Å². The van der Waals surface area contributed by atoms with Crippen LogP contribution in [0.3, 0.4) is 0 Å². The van der Waals surface area contributed by atoms with E-state index in [0.717, 1.165) is 6.07 Å². The third-order valence-corrected chi connectivity index (χ3v) is 1.91. The highest BCUT2D eigenvalue weighted by atomic mass is 19.1. The number of benzene rings is 1. The fourth-order valence-electron chi connectivity index (χ4n) is 1.19. The smallest absolute Gasteiger partial charge is 0.196 e. The Morgan fingerprint density at radius 2 is 2.06 bits per heavy atom. The van der Waals surface area contributed by atoms with E-state index in [4.69, 9.17) is 0 Å². The van der Waals surface area contributed by atoms with Gasteiger partial charge >= 0.3 is 0 Å². The van der Waals surface area contributed by atoms with E-state index in [1.807, 2.05) is 0 Å². The Balaban J connectivity index is 3.14. The van der Waals surface area contributed by atoms with Crippen LogP contribution in [0.4, 0.5) is 8.78 Å². The van der Waals surface area contributed by atoms with Gasteiger partial charge in [-0.05, 0) is 18.2 Å². The van der Waals surface area contributed by atoms with E-state index in [9.17, 15) is 13.6 Å². The Morgan fingerprint density at radius 1 is 1.38 bits per heavy atom. The van der Waals surface area contributed by atoms with Crippen LogP contribution < -0.4 is 0 Å². The van der Waals surface area contributed by atoms with Crippen molar-refractivity contribution in [3.8, 4) is 0 Å². The molecule has 82 valence electrons. The molecule has 0 amide bonds. The Hall–Kier alpha value is -2.03. The van der Waals surface area contributed by atoms with E-state index < -0.39 is 17.4 Å². The number of carbonyl (C=O) groups excluding carboxylic acids is 1. The van der Waals surface area contributed by atoms with Gasteiger partial charge in [0.1, 0.15) is 11.6 Å². The lowest BCUT2D eigenvalue weighted by atomic mass is 10.0. The molecule has 0 aliphatic heterocycles. The summed E-state index contributed by atoms with van der Waals surface area (Å²) in [6.45, 7) is 6.41. The third kappa shape index (κ3) is 2.73. The van der Waals surface area contributed by atoms with Gasteiger partial charge < -0.3 is 0 Å². The minimum atomic E-state index is -0.867. The van der Waals surface area contributed by atoms with Crippen LogP contribution in [-0.4, -0.2) is 5.78 Å². The number of ketones is 1. The summed E-state index contributed by atoms with van der Waals surface area (Å²) < 4.78 is 25.8. The molecule has 0 unspecified atom stereocenters. The van der Waals surface area contributed by atoms with E-state index in [1.165, 1.54) is 30.4 Å². The molecule has 1 aromatic carbocycles. The number of allylic oxidation sites excluding steroid dienone is 4. The lowest BCUT2D eigenvalue weighted by Crippen LogP contribution is -2.04. The van der Waals surface area contributed by atoms with Gasteiger partial charge in [-0.1, -0.05) is 31.4 Å². The quantitative estimate of drug-likeness (QED) is 0.430. The molecule has 3 heteroatoms. The maximum Gasteiger partial charge on any atom is 0.196 e. The van der Waals surface area contributed by atoms with Crippen LogP contribution >= 0.6 is 0 Å². The molecule has 0 fully saturated rings. The first-order valence-electron chi connectivity index (χ1n) is 4.54. The molecule has 0 radical (unpaired) electrons. The van der Waals surface area contributed by atoms with Crippen molar-refractivity contribution in [2.24, 2.45) is 0 Å². The molecule has 1 rings (SSSR count). The van der Waals surface area contributed by atoms with Gasteiger partial charge in [0.15, 0.2) is 5.78 Å². The zero-order valence-corrected chi connectivity index (χ0v) is 8.54. The van der Waals surface area contributed by atoms with Crippen LogP contribution in [0.15, 0.2) is 61.0 Å². The number of carbonyl (C=O) groups is 1.